The Hall–Kier alpha value is -1.32. The van der Waals surface area contributed by atoms with Crippen molar-refractivity contribution >= 4 is 0 Å². The van der Waals surface area contributed by atoms with Crippen LogP contribution in [0.15, 0.2) is 36.9 Å². The van der Waals surface area contributed by atoms with Gasteiger partial charge in [0, 0.05) is 25.7 Å². The maximum absolute atomic E-state index is 5.77. The number of ether oxygens (including phenoxy) is 1. The summed E-state index contributed by atoms with van der Waals surface area (Å²) in [6, 6.07) is 8.75. The van der Waals surface area contributed by atoms with Crippen LogP contribution in [0, 0.1) is 0 Å². The van der Waals surface area contributed by atoms with Gasteiger partial charge in [0.25, 0.3) is 0 Å². The van der Waals surface area contributed by atoms with Gasteiger partial charge in [0.1, 0.15) is 12.4 Å². The van der Waals surface area contributed by atoms with Crippen LogP contribution in [-0.2, 0) is 6.54 Å². The molecule has 0 fully saturated rings. The van der Waals surface area contributed by atoms with Gasteiger partial charge in [-0.1, -0.05) is 18.2 Å². The molecule has 1 aromatic carbocycles. The molecule has 0 aromatic heterocycles. The van der Waals surface area contributed by atoms with Gasteiger partial charge >= 0.3 is 0 Å². The van der Waals surface area contributed by atoms with Gasteiger partial charge in [-0.15, -0.1) is 6.58 Å². The average molecular weight is 262 g/mol. The smallest absolute Gasteiger partial charge is 0.119 e. The van der Waals surface area contributed by atoms with Crippen molar-refractivity contribution in [3.05, 3.63) is 42.5 Å². The van der Waals surface area contributed by atoms with Gasteiger partial charge in [-0.05, 0) is 38.6 Å². The number of nitrogens with one attached hydrogen (secondary N) is 1. The third kappa shape index (κ3) is 5.90. The Morgan fingerprint density at radius 3 is 2.53 bits per heavy atom. The first-order chi connectivity index (χ1) is 9.17. The highest BCUT2D eigenvalue weighted by Crippen LogP contribution is 2.12. The largest absolute Gasteiger partial charge is 0.492 e. The van der Waals surface area contributed by atoms with E-state index in [-0.39, 0.29) is 0 Å². The molecule has 0 radical (unpaired) electrons. The van der Waals surface area contributed by atoms with Crippen LogP contribution in [0.5, 0.6) is 5.75 Å². The molecule has 0 aliphatic carbocycles. The highest BCUT2D eigenvalue weighted by molar-refractivity contribution is 5.27. The molecule has 0 heterocycles. The van der Waals surface area contributed by atoms with Gasteiger partial charge in [-0.25, -0.2) is 0 Å². The minimum absolute atomic E-state index is 0.514. The molecule has 0 saturated carbocycles. The molecule has 0 aliphatic rings. The third-order valence-corrected chi connectivity index (χ3v) is 3.05. The SMILES string of the molecule is C=CCN(CCOc1ccc(CNC)cc1)C(C)C. The summed E-state index contributed by atoms with van der Waals surface area (Å²) in [6.07, 6.45) is 1.94. The average Bonchev–Trinajstić information content (AvgIpc) is 2.40. The maximum atomic E-state index is 5.77. The number of rotatable bonds is 9. The lowest BCUT2D eigenvalue weighted by atomic mass is 10.2. The topological polar surface area (TPSA) is 24.5 Å². The van der Waals surface area contributed by atoms with Crippen LogP contribution >= 0.6 is 0 Å². The molecule has 3 heteroatoms. The van der Waals surface area contributed by atoms with Crippen molar-refractivity contribution in [1.82, 2.24) is 10.2 Å². The monoisotopic (exact) mass is 262 g/mol. The Labute approximate surface area is 117 Å². The third-order valence-electron chi connectivity index (χ3n) is 3.05. The summed E-state index contributed by atoms with van der Waals surface area (Å²) in [5.41, 5.74) is 1.27. The fourth-order valence-electron chi connectivity index (χ4n) is 1.91. The molecule has 0 aliphatic heterocycles. The summed E-state index contributed by atoms with van der Waals surface area (Å²) in [5.74, 6) is 0.933. The second kappa shape index (κ2) is 8.73. The van der Waals surface area contributed by atoms with Crippen LogP contribution in [0.2, 0.25) is 0 Å². The molecule has 1 aromatic rings. The van der Waals surface area contributed by atoms with Crippen LogP contribution in [-0.4, -0.2) is 37.7 Å². The lowest BCUT2D eigenvalue weighted by Gasteiger charge is -2.24. The van der Waals surface area contributed by atoms with Gasteiger partial charge in [0.2, 0.25) is 0 Å². The Morgan fingerprint density at radius 2 is 2.00 bits per heavy atom. The van der Waals surface area contributed by atoms with Gasteiger partial charge in [-0.2, -0.15) is 0 Å². The molecule has 1 rings (SSSR count). The highest BCUT2D eigenvalue weighted by atomic mass is 16.5. The van der Waals surface area contributed by atoms with Crippen LogP contribution in [0.1, 0.15) is 19.4 Å². The van der Waals surface area contributed by atoms with Gasteiger partial charge < -0.3 is 10.1 Å². The minimum atomic E-state index is 0.514. The highest BCUT2D eigenvalue weighted by Gasteiger charge is 2.07. The van der Waals surface area contributed by atoms with Crippen molar-refractivity contribution in [3.8, 4) is 5.75 Å². The zero-order valence-electron chi connectivity index (χ0n) is 12.4. The number of hydrogen-bond acceptors (Lipinski definition) is 3. The van der Waals surface area contributed by atoms with Gasteiger partial charge in [0.05, 0.1) is 0 Å². The van der Waals surface area contributed by atoms with E-state index < -0.39 is 0 Å². The minimum Gasteiger partial charge on any atom is -0.492 e. The van der Waals surface area contributed by atoms with E-state index in [0.717, 1.165) is 25.4 Å². The first-order valence-corrected chi connectivity index (χ1v) is 6.88. The fourth-order valence-corrected chi connectivity index (χ4v) is 1.91. The summed E-state index contributed by atoms with van der Waals surface area (Å²) in [7, 11) is 1.95. The summed E-state index contributed by atoms with van der Waals surface area (Å²) < 4.78 is 5.77. The number of benzene rings is 1. The fraction of sp³-hybridized carbons (Fsp3) is 0.500. The lowest BCUT2D eigenvalue weighted by Crippen LogP contribution is -2.34. The van der Waals surface area contributed by atoms with Crippen molar-refractivity contribution in [2.45, 2.75) is 26.4 Å². The molecule has 0 spiro atoms. The number of hydrogen-bond donors (Lipinski definition) is 1. The second-order valence-corrected chi connectivity index (χ2v) is 4.90. The molecule has 106 valence electrons. The Balaban J connectivity index is 2.37. The van der Waals surface area contributed by atoms with E-state index >= 15 is 0 Å². The molecule has 0 bridgehead atoms. The van der Waals surface area contributed by atoms with E-state index in [2.05, 4.69) is 42.8 Å². The molecule has 0 unspecified atom stereocenters. The van der Waals surface area contributed by atoms with E-state index in [1.165, 1.54) is 5.56 Å². The van der Waals surface area contributed by atoms with Crippen molar-refractivity contribution < 1.29 is 4.74 Å². The quantitative estimate of drug-likeness (QED) is 0.693. The first-order valence-electron chi connectivity index (χ1n) is 6.88. The first kappa shape index (κ1) is 15.7. The van der Waals surface area contributed by atoms with Gasteiger partial charge in [-0.3, -0.25) is 4.90 Å². The van der Waals surface area contributed by atoms with Crippen LogP contribution < -0.4 is 10.1 Å². The summed E-state index contributed by atoms with van der Waals surface area (Å²) in [6.45, 7) is 11.6. The predicted octanol–water partition coefficient (Wildman–Crippen LogP) is 2.68. The Bertz CT molecular complexity index is 360. The standard InChI is InChI=1S/C16H26N2O/c1-5-10-18(14(2)3)11-12-19-16-8-6-15(7-9-16)13-17-4/h5-9,14,17H,1,10-13H2,2-4H3. The zero-order valence-corrected chi connectivity index (χ0v) is 12.4. The molecule has 0 saturated heterocycles. The van der Waals surface area contributed by atoms with Crippen molar-refractivity contribution in [2.24, 2.45) is 0 Å². The normalized spacial score (nSPS) is 11.0. The van der Waals surface area contributed by atoms with Gasteiger partial charge in [0.15, 0.2) is 0 Å². The van der Waals surface area contributed by atoms with E-state index in [0.29, 0.717) is 12.6 Å². The van der Waals surface area contributed by atoms with Crippen molar-refractivity contribution in [2.75, 3.05) is 26.7 Å². The van der Waals surface area contributed by atoms with E-state index in [1.54, 1.807) is 0 Å². The Morgan fingerprint density at radius 1 is 1.32 bits per heavy atom. The van der Waals surface area contributed by atoms with E-state index in [1.807, 2.05) is 25.3 Å². The zero-order chi connectivity index (χ0) is 14.1. The molecule has 0 atom stereocenters. The van der Waals surface area contributed by atoms with Crippen molar-refractivity contribution in [1.29, 1.82) is 0 Å². The summed E-state index contributed by atoms with van der Waals surface area (Å²) in [4.78, 5) is 2.34. The van der Waals surface area contributed by atoms with Crippen LogP contribution in [0.3, 0.4) is 0 Å². The van der Waals surface area contributed by atoms with Crippen LogP contribution in [0.4, 0.5) is 0 Å². The number of nitrogens with zero attached hydrogens (tertiary/aromatic N) is 1. The van der Waals surface area contributed by atoms with Crippen molar-refractivity contribution in [3.63, 3.8) is 0 Å². The molecule has 3 nitrogen and oxygen atoms in total. The van der Waals surface area contributed by atoms with Crippen LogP contribution in [0.25, 0.3) is 0 Å². The summed E-state index contributed by atoms with van der Waals surface area (Å²) >= 11 is 0. The maximum Gasteiger partial charge on any atom is 0.119 e. The molecular formula is C16H26N2O. The predicted molar refractivity (Wildman–Crippen MR) is 81.6 cm³/mol. The molecule has 19 heavy (non-hydrogen) atoms. The molecular weight excluding hydrogens is 236 g/mol. The summed E-state index contributed by atoms with van der Waals surface area (Å²) in [5, 5.41) is 3.13. The van der Waals surface area contributed by atoms with E-state index in [4.69, 9.17) is 4.74 Å². The van der Waals surface area contributed by atoms with E-state index in [9.17, 15) is 0 Å². The lowest BCUT2D eigenvalue weighted by molar-refractivity contribution is 0.191. The second-order valence-electron chi connectivity index (χ2n) is 4.90. The molecule has 1 N–H and O–H groups in total. The Kier molecular flexibility index (Phi) is 7.23. The molecule has 0 amide bonds.